The first-order valence-electron chi connectivity index (χ1n) is 4.33. The fourth-order valence-electron chi connectivity index (χ4n) is 1.56. The zero-order valence-electron chi connectivity index (χ0n) is 7.80. The van der Waals surface area contributed by atoms with Gasteiger partial charge in [0.15, 0.2) is 0 Å². The second-order valence-electron chi connectivity index (χ2n) is 3.39. The molecule has 0 aromatic rings. The second kappa shape index (κ2) is 4.04. The maximum atomic E-state index is 3.32. The summed E-state index contributed by atoms with van der Waals surface area (Å²) in [6, 6.07) is 0.686. The number of nitrogens with zero attached hydrogens (tertiary/aromatic N) is 2. The van der Waals surface area contributed by atoms with Crippen molar-refractivity contribution in [2.24, 2.45) is 0 Å². The van der Waals surface area contributed by atoms with Gasteiger partial charge in [0.1, 0.15) is 0 Å². The van der Waals surface area contributed by atoms with Crippen molar-refractivity contribution in [3.8, 4) is 0 Å². The van der Waals surface area contributed by atoms with Gasteiger partial charge in [0.2, 0.25) is 0 Å². The van der Waals surface area contributed by atoms with E-state index in [9.17, 15) is 0 Å². The standard InChI is InChI=1S/C8H19N3/c1-9-8-5-4-6-11(7-8)10(2)3/h8-9H,4-7H2,1-3H3. The van der Waals surface area contributed by atoms with E-state index in [1.165, 1.54) is 19.4 Å². The quantitative estimate of drug-likeness (QED) is 0.615. The van der Waals surface area contributed by atoms with Crippen LogP contribution in [0.25, 0.3) is 0 Å². The molecule has 11 heavy (non-hydrogen) atoms. The lowest BCUT2D eigenvalue weighted by Crippen LogP contribution is -2.49. The lowest BCUT2D eigenvalue weighted by molar-refractivity contribution is -0.00350. The molecule has 1 heterocycles. The molecule has 1 rings (SSSR count). The van der Waals surface area contributed by atoms with Crippen molar-refractivity contribution in [3.63, 3.8) is 0 Å². The van der Waals surface area contributed by atoms with Crippen LogP contribution in [0.3, 0.4) is 0 Å². The minimum absolute atomic E-state index is 0.686. The molecule has 0 aliphatic carbocycles. The summed E-state index contributed by atoms with van der Waals surface area (Å²) in [6.45, 7) is 2.37. The van der Waals surface area contributed by atoms with Crippen LogP contribution in [0.1, 0.15) is 12.8 Å². The molecule has 0 amide bonds. The predicted molar refractivity (Wildman–Crippen MR) is 47.3 cm³/mol. The number of likely N-dealkylation sites (N-methyl/N-ethyl adjacent to an activating group) is 1. The molecule has 1 N–H and O–H groups in total. The number of hydrogen-bond donors (Lipinski definition) is 1. The number of piperidine rings is 1. The van der Waals surface area contributed by atoms with Crippen molar-refractivity contribution in [1.82, 2.24) is 15.3 Å². The van der Waals surface area contributed by atoms with Crippen molar-refractivity contribution >= 4 is 0 Å². The fraction of sp³-hybridized carbons (Fsp3) is 1.00. The average Bonchev–Trinajstić information content (AvgIpc) is 2.05. The SMILES string of the molecule is CNC1CCCN(N(C)C)C1. The molecule has 1 atom stereocenters. The lowest BCUT2D eigenvalue weighted by atomic mass is 10.1. The van der Waals surface area contributed by atoms with Crippen molar-refractivity contribution in [2.75, 3.05) is 34.2 Å². The maximum absolute atomic E-state index is 3.32. The van der Waals surface area contributed by atoms with Crippen molar-refractivity contribution < 1.29 is 0 Å². The van der Waals surface area contributed by atoms with Crippen molar-refractivity contribution in [2.45, 2.75) is 18.9 Å². The Labute approximate surface area is 69.3 Å². The number of rotatable bonds is 2. The third-order valence-electron chi connectivity index (χ3n) is 2.37. The van der Waals surface area contributed by atoms with Gasteiger partial charge in [-0.3, -0.25) is 0 Å². The molecule has 0 bridgehead atoms. The first kappa shape index (κ1) is 8.97. The van der Waals surface area contributed by atoms with Crippen LogP contribution in [0, 0.1) is 0 Å². The number of hydrazine groups is 1. The van der Waals surface area contributed by atoms with E-state index in [-0.39, 0.29) is 0 Å². The molecular weight excluding hydrogens is 138 g/mol. The Bertz CT molecular complexity index is 114. The van der Waals surface area contributed by atoms with Crippen molar-refractivity contribution in [3.05, 3.63) is 0 Å². The van der Waals surface area contributed by atoms with E-state index in [4.69, 9.17) is 0 Å². The Kier molecular flexibility index (Phi) is 3.30. The fourth-order valence-corrected chi connectivity index (χ4v) is 1.56. The molecule has 66 valence electrons. The van der Waals surface area contributed by atoms with Crippen LogP contribution in [-0.2, 0) is 0 Å². The molecule has 1 saturated heterocycles. The monoisotopic (exact) mass is 157 g/mol. The topological polar surface area (TPSA) is 18.5 Å². The molecule has 0 spiro atoms. The lowest BCUT2D eigenvalue weighted by Gasteiger charge is -2.36. The van der Waals surface area contributed by atoms with E-state index in [1.807, 2.05) is 7.05 Å². The molecule has 1 aliphatic rings. The smallest absolute Gasteiger partial charge is 0.0287 e. The summed E-state index contributed by atoms with van der Waals surface area (Å²) < 4.78 is 0. The highest BCUT2D eigenvalue weighted by atomic mass is 15.6. The van der Waals surface area contributed by atoms with Gasteiger partial charge in [0.05, 0.1) is 0 Å². The Morgan fingerprint density at radius 2 is 2.18 bits per heavy atom. The van der Waals surface area contributed by atoms with E-state index >= 15 is 0 Å². The van der Waals surface area contributed by atoms with Gasteiger partial charge in [-0.1, -0.05) is 0 Å². The van der Waals surface area contributed by atoms with E-state index in [0.717, 1.165) is 6.54 Å². The first-order chi connectivity index (χ1) is 5.24. The summed E-state index contributed by atoms with van der Waals surface area (Å²) >= 11 is 0. The largest absolute Gasteiger partial charge is 0.316 e. The van der Waals surface area contributed by atoms with Crippen LogP contribution in [0.4, 0.5) is 0 Å². The summed E-state index contributed by atoms with van der Waals surface area (Å²) in [7, 11) is 6.26. The van der Waals surface area contributed by atoms with Crippen LogP contribution >= 0.6 is 0 Å². The minimum Gasteiger partial charge on any atom is -0.316 e. The number of nitrogens with one attached hydrogen (secondary N) is 1. The van der Waals surface area contributed by atoms with Crippen LogP contribution in [0.15, 0.2) is 0 Å². The molecule has 1 unspecified atom stereocenters. The molecule has 3 heteroatoms. The zero-order chi connectivity index (χ0) is 8.27. The van der Waals surface area contributed by atoms with Gasteiger partial charge in [-0.25, -0.2) is 10.0 Å². The van der Waals surface area contributed by atoms with Crippen LogP contribution < -0.4 is 5.32 Å². The van der Waals surface area contributed by atoms with Gasteiger partial charge in [-0.2, -0.15) is 0 Å². The molecule has 0 aromatic carbocycles. The molecule has 0 saturated carbocycles. The van der Waals surface area contributed by atoms with E-state index in [1.54, 1.807) is 0 Å². The second-order valence-corrected chi connectivity index (χ2v) is 3.39. The predicted octanol–water partition coefficient (Wildman–Crippen LogP) is 0.147. The van der Waals surface area contributed by atoms with Crippen LogP contribution in [-0.4, -0.2) is 50.3 Å². The Morgan fingerprint density at radius 3 is 2.73 bits per heavy atom. The third kappa shape index (κ3) is 2.43. The summed E-state index contributed by atoms with van der Waals surface area (Å²) in [4.78, 5) is 0. The van der Waals surface area contributed by atoms with E-state index in [2.05, 4.69) is 29.4 Å². The van der Waals surface area contributed by atoms with Crippen LogP contribution in [0.2, 0.25) is 0 Å². The first-order valence-corrected chi connectivity index (χ1v) is 4.33. The minimum atomic E-state index is 0.686. The Morgan fingerprint density at radius 1 is 1.45 bits per heavy atom. The molecular formula is C8H19N3. The van der Waals surface area contributed by atoms with Crippen molar-refractivity contribution in [1.29, 1.82) is 0 Å². The zero-order valence-corrected chi connectivity index (χ0v) is 7.80. The molecule has 0 radical (unpaired) electrons. The van der Waals surface area contributed by atoms with E-state index < -0.39 is 0 Å². The van der Waals surface area contributed by atoms with Gasteiger partial charge < -0.3 is 5.32 Å². The Balaban J connectivity index is 2.33. The van der Waals surface area contributed by atoms with E-state index in [0.29, 0.717) is 6.04 Å². The highest BCUT2D eigenvalue weighted by molar-refractivity contribution is 4.74. The Hall–Kier alpha value is -0.120. The summed E-state index contributed by atoms with van der Waals surface area (Å²) in [5.74, 6) is 0. The molecule has 3 nitrogen and oxygen atoms in total. The third-order valence-corrected chi connectivity index (χ3v) is 2.37. The molecule has 1 aliphatic heterocycles. The normalized spacial score (nSPS) is 27.8. The van der Waals surface area contributed by atoms with Gasteiger partial charge in [-0.05, 0) is 19.9 Å². The van der Waals surface area contributed by atoms with Gasteiger partial charge in [0.25, 0.3) is 0 Å². The van der Waals surface area contributed by atoms with Crippen LogP contribution in [0.5, 0.6) is 0 Å². The summed E-state index contributed by atoms with van der Waals surface area (Å²) in [5, 5.41) is 7.88. The number of hydrogen-bond acceptors (Lipinski definition) is 3. The average molecular weight is 157 g/mol. The highest BCUT2D eigenvalue weighted by Gasteiger charge is 2.18. The van der Waals surface area contributed by atoms with Gasteiger partial charge in [-0.15, -0.1) is 0 Å². The summed E-state index contributed by atoms with van der Waals surface area (Å²) in [5.41, 5.74) is 0. The highest BCUT2D eigenvalue weighted by Crippen LogP contribution is 2.09. The van der Waals surface area contributed by atoms with Gasteiger partial charge in [0, 0.05) is 33.2 Å². The summed E-state index contributed by atoms with van der Waals surface area (Å²) in [6.07, 6.45) is 2.63. The van der Waals surface area contributed by atoms with Gasteiger partial charge >= 0.3 is 0 Å². The molecule has 1 fully saturated rings. The molecule has 0 aromatic heterocycles. The maximum Gasteiger partial charge on any atom is 0.0287 e.